The largest absolute Gasteiger partial charge is 0.381 e. The molecule has 0 fully saturated rings. The number of anilines is 1. The standard InChI is InChI=1S/C18H18N2S/c1-13-18(20-14(2)21-13)16-8-10-17(11-9-16)19-12-15-6-4-3-5-7-15/h3-11,19H,12H2,1-2H3. The van der Waals surface area contributed by atoms with Crippen LogP contribution in [0.4, 0.5) is 5.69 Å². The summed E-state index contributed by atoms with van der Waals surface area (Å²) in [5.41, 5.74) is 4.70. The molecule has 1 heterocycles. The monoisotopic (exact) mass is 294 g/mol. The first kappa shape index (κ1) is 13.8. The number of nitrogens with one attached hydrogen (secondary N) is 1. The van der Waals surface area contributed by atoms with Crippen LogP contribution in [0.1, 0.15) is 15.4 Å². The highest BCUT2D eigenvalue weighted by molar-refractivity contribution is 7.11. The van der Waals surface area contributed by atoms with Gasteiger partial charge in [0.25, 0.3) is 0 Å². The second-order valence-corrected chi connectivity index (χ2v) is 6.46. The van der Waals surface area contributed by atoms with E-state index in [4.69, 9.17) is 0 Å². The van der Waals surface area contributed by atoms with Crippen LogP contribution in [-0.2, 0) is 6.54 Å². The maximum Gasteiger partial charge on any atom is 0.0904 e. The molecule has 21 heavy (non-hydrogen) atoms. The predicted molar refractivity (Wildman–Crippen MR) is 90.8 cm³/mol. The lowest BCUT2D eigenvalue weighted by atomic mass is 10.1. The molecule has 1 N–H and O–H groups in total. The Labute approximate surface area is 129 Å². The van der Waals surface area contributed by atoms with Crippen molar-refractivity contribution in [3.63, 3.8) is 0 Å². The highest BCUT2D eigenvalue weighted by Crippen LogP contribution is 2.28. The fourth-order valence-electron chi connectivity index (χ4n) is 2.34. The smallest absolute Gasteiger partial charge is 0.0904 e. The number of hydrogen-bond acceptors (Lipinski definition) is 3. The first-order chi connectivity index (χ1) is 10.2. The zero-order chi connectivity index (χ0) is 14.7. The third kappa shape index (κ3) is 3.31. The van der Waals surface area contributed by atoms with Crippen LogP contribution in [0.25, 0.3) is 11.3 Å². The topological polar surface area (TPSA) is 24.9 Å². The summed E-state index contributed by atoms with van der Waals surface area (Å²) in [6.45, 7) is 5.02. The van der Waals surface area contributed by atoms with E-state index < -0.39 is 0 Å². The fraction of sp³-hybridized carbons (Fsp3) is 0.167. The Morgan fingerprint density at radius 3 is 2.29 bits per heavy atom. The van der Waals surface area contributed by atoms with Crippen molar-refractivity contribution in [1.29, 1.82) is 0 Å². The van der Waals surface area contributed by atoms with Gasteiger partial charge in [-0.2, -0.15) is 0 Å². The molecule has 0 saturated carbocycles. The van der Waals surface area contributed by atoms with Crippen molar-refractivity contribution in [1.82, 2.24) is 4.98 Å². The van der Waals surface area contributed by atoms with Gasteiger partial charge < -0.3 is 5.32 Å². The van der Waals surface area contributed by atoms with Crippen LogP contribution < -0.4 is 5.32 Å². The molecule has 0 aliphatic rings. The van der Waals surface area contributed by atoms with E-state index in [1.165, 1.54) is 16.0 Å². The maximum absolute atomic E-state index is 4.60. The van der Waals surface area contributed by atoms with Crippen LogP contribution in [0.3, 0.4) is 0 Å². The average Bonchev–Trinajstić information content (AvgIpc) is 2.85. The van der Waals surface area contributed by atoms with E-state index in [1.807, 2.05) is 6.07 Å². The van der Waals surface area contributed by atoms with Crippen LogP contribution in [0, 0.1) is 13.8 Å². The molecule has 0 aliphatic heterocycles. The molecule has 0 spiro atoms. The Balaban J connectivity index is 1.71. The Hall–Kier alpha value is -2.13. The lowest BCUT2D eigenvalue weighted by molar-refractivity contribution is 1.15. The molecule has 0 atom stereocenters. The van der Waals surface area contributed by atoms with E-state index in [1.54, 1.807) is 11.3 Å². The number of aryl methyl sites for hydroxylation is 2. The summed E-state index contributed by atoms with van der Waals surface area (Å²) < 4.78 is 0. The molecule has 0 bridgehead atoms. The highest BCUT2D eigenvalue weighted by Gasteiger charge is 2.07. The van der Waals surface area contributed by atoms with Crippen LogP contribution >= 0.6 is 11.3 Å². The molecule has 0 unspecified atom stereocenters. The predicted octanol–water partition coefficient (Wildman–Crippen LogP) is 5.04. The fourth-order valence-corrected chi connectivity index (χ4v) is 3.18. The van der Waals surface area contributed by atoms with Gasteiger partial charge >= 0.3 is 0 Å². The van der Waals surface area contributed by atoms with Gasteiger partial charge in [0.1, 0.15) is 0 Å². The van der Waals surface area contributed by atoms with Gasteiger partial charge in [-0.25, -0.2) is 4.98 Å². The highest BCUT2D eigenvalue weighted by atomic mass is 32.1. The number of nitrogens with zero attached hydrogens (tertiary/aromatic N) is 1. The summed E-state index contributed by atoms with van der Waals surface area (Å²) in [6, 6.07) is 18.9. The SMILES string of the molecule is Cc1nc(-c2ccc(NCc3ccccc3)cc2)c(C)s1. The lowest BCUT2D eigenvalue weighted by Gasteiger charge is -2.07. The molecule has 2 aromatic carbocycles. The first-order valence-electron chi connectivity index (χ1n) is 7.04. The zero-order valence-corrected chi connectivity index (χ0v) is 13.1. The van der Waals surface area contributed by atoms with Crippen molar-refractivity contribution >= 4 is 17.0 Å². The van der Waals surface area contributed by atoms with Gasteiger partial charge in [-0.05, 0) is 31.5 Å². The summed E-state index contributed by atoms with van der Waals surface area (Å²) >= 11 is 1.75. The van der Waals surface area contributed by atoms with Gasteiger partial charge in [-0.1, -0.05) is 42.5 Å². The van der Waals surface area contributed by atoms with E-state index in [0.717, 1.165) is 22.9 Å². The molecule has 0 radical (unpaired) electrons. The van der Waals surface area contributed by atoms with Gasteiger partial charge in [0.2, 0.25) is 0 Å². The molecule has 3 aromatic rings. The zero-order valence-electron chi connectivity index (χ0n) is 12.3. The quantitative estimate of drug-likeness (QED) is 0.729. The lowest BCUT2D eigenvalue weighted by Crippen LogP contribution is -1.98. The molecule has 0 amide bonds. The minimum Gasteiger partial charge on any atom is -0.381 e. The Morgan fingerprint density at radius 2 is 1.67 bits per heavy atom. The summed E-state index contributed by atoms with van der Waals surface area (Å²) in [4.78, 5) is 5.88. The van der Waals surface area contributed by atoms with Crippen molar-refractivity contribution in [3.05, 3.63) is 70.0 Å². The summed E-state index contributed by atoms with van der Waals surface area (Å²) in [5, 5.41) is 4.56. The van der Waals surface area contributed by atoms with E-state index in [-0.39, 0.29) is 0 Å². The summed E-state index contributed by atoms with van der Waals surface area (Å²) in [5.74, 6) is 0. The first-order valence-corrected chi connectivity index (χ1v) is 7.86. The van der Waals surface area contributed by atoms with E-state index >= 15 is 0 Å². The molecular formula is C18H18N2S. The number of aromatic nitrogens is 1. The van der Waals surface area contributed by atoms with E-state index in [2.05, 4.69) is 72.7 Å². The molecule has 0 saturated heterocycles. The number of benzene rings is 2. The van der Waals surface area contributed by atoms with Crippen LogP contribution in [-0.4, -0.2) is 4.98 Å². The normalized spacial score (nSPS) is 10.6. The van der Waals surface area contributed by atoms with E-state index in [9.17, 15) is 0 Å². The minimum atomic E-state index is 0.842. The van der Waals surface area contributed by atoms with Crippen molar-refractivity contribution in [2.75, 3.05) is 5.32 Å². The van der Waals surface area contributed by atoms with Crippen molar-refractivity contribution in [3.8, 4) is 11.3 Å². The van der Waals surface area contributed by atoms with Crippen molar-refractivity contribution in [2.24, 2.45) is 0 Å². The van der Waals surface area contributed by atoms with Crippen LogP contribution in [0.2, 0.25) is 0 Å². The van der Waals surface area contributed by atoms with Gasteiger partial charge in [-0.15, -0.1) is 11.3 Å². The van der Waals surface area contributed by atoms with Gasteiger partial charge in [0.15, 0.2) is 0 Å². The second-order valence-electron chi connectivity index (χ2n) is 5.05. The molecular weight excluding hydrogens is 276 g/mol. The van der Waals surface area contributed by atoms with Gasteiger partial charge in [-0.3, -0.25) is 0 Å². The number of hydrogen-bond donors (Lipinski definition) is 1. The molecule has 106 valence electrons. The Kier molecular flexibility index (Phi) is 4.02. The Morgan fingerprint density at radius 1 is 0.952 bits per heavy atom. The number of rotatable bonds is 4. The minimum absolute atomic E-state index is 0.842. The van der Waals surface area contributed by atoms with Crippen LogP contribution in [0.5, 0.6) is 0 Å². The summed E-state index contributed by atoms with van der Waals surface area (Å²) in [6.07, 6.45) is 0. The maximum atomic E-state index is 4.60. The van der Waals surface area contributed by atoms with E-state index in [0.29, 0.717) is 0 Å². The molecule has 1 aromatic heterocycles. The van der Waals surface area contributed by atoms with Crippen molar-refractivity contribution in [2.45, 2.75) is 20.4 Å². The molecule has 0 aliphatic carbocycles. The van der Waals surface area contributed by atoms with Gasteiger partial charge in [0, 0.05) is 22.7 Å². The second kappa shape index (κ2) is 6.10. The average molecular weight is 294 g/mol. The number of thiazole rings is 1. The Bertz CT molecular complexity index is 715. The van der Waals surface area contributed by atoms with Crippen LogP contribution in [0.15, 0.2) is 54.6 Å². The third-order valence-corrected chi connectivity index (χ3v) is 4.29. The van der Waals surface area contributed by atoms with Crippen molar-refractivity contribution < 1.29 is 0 Å². The molecule has 3 rings (SSSR count). The van der Waals surface area contributed by atoms with Gasteiger partial charge in [0.05, 0.1) is 10.7 Å². The molecule has 3 heteroatoms. The summed E-state index contributed by atoms with van der Waals surface area (Å²) in [7, 11) is 0. The molecule has 2 nitrogen and oxygen atoms in total. The third-order valence-electron chi connectivity index (χ3n) is 3.40.